The number of fused-ring (bicyclic) bond motifs is 1. The molecule has 2 N–H and O–H groups in total. The molecule has 0 amide bonds. The third kappa shape index (κ3) is 1.98. The molecular weight excluding hydrogens is 224 g/mol. The average molecular weight is 242 g/mol. The van der Waals surface area contributed by atoms with E-state index in [0.29, 0.717) is 12.0 Å². The van der Waals surface area contributed by atoms with Crippen molar-refractivity contribution in [2.75, 3.05) is 17.7 Å². The topological polar surface area (TPSA) is 49.8 Å². The molecule has 94 valence electrons. The molecule has 1 aliphatic carbocycles. The lowest BCUT2D eigenvalue weighted by molar-refractivity contribution is 0.774. The highest BCUT2D eigenvalue weighted by molar-refractivity contribution is 5.90. The zero-order valence-electron chi connectivity index (χ0n) is 10.8. The summed E-state index contributed by atoms with van der Waals surface area (Å²) >= 11 is 0. The number of nitrogens with zero attached hydrogens (tertiary/aromatic N) is 2. The Hall–Kier alpha value is -1.84. The van der Waals surface area contributed by atoms with Gasteiger partial charge in [-0.1, -0.05) is 25.5 Å². The van der Waals surface area contributed by atoms with Gasteiger partial charge in [0.25, 0.3) is 0 Å². The van der Waals surface area contributed by atoms with Gasteiger partial charge in [0.1, 0.15) is 5.82 Å². The Morgan fingerprint density at radius 3 is 2.83 bits per heavy atom. The molecule has 1 saturated carbocycles. The number of hydrogen-bond donors (Lipinski definition) is 2. The molecule has 3 rings (SSSR count). The summed E-state index contributed by atoms with van der Waals surface area (Å²) in [4.78, 5) is 8.99. The van der Waals surface area contributed by atoms with Gasteiger partial charge in [0.15, 0.2) is 0 Å². The molecule has 4 heteroatoms. The fourth-order valence-corrected chi connectivity index (χ4v) is 2.35. The summed E-state index contributed by atoms with van der Waals surface area (Å²) in [5.41, 5.74) is 0.980. The Morgan fingerprint density at radius 2 is 2.11 bits per heavy atom. The lowest BCUT2D eigenvalue weighted by atomic mass is 10.2. The smallest absolute Gasteiger partial charge is 0.224 e. The first kappa shape index (κ1) is 11.3. The van der Waals surface area contributed by atoms with Crippen molar-refractivity contribution < 1.29 is 0 Å². The molecular formula is C14H18N4. The maximum Gasteiger partial charge on any atom is 0.224 e. The van der Waals surface area contributed by atoms with Gasteiger partial charge in [-0.3, -0.25) is 0 Å². The van der Waals surface area contributed by atoms with Gasteiger partial charge >= 0.3 is 0 Å². The van der Waals surface area contributed by atoms with Crippen LogP contribution in [0.25, 0.3) is 10.9 Å². The molecule has 18 heavy (non-hydrogen) atoms. The van der Waals surface area contributed by atoms with Crippen molar-refractivity contribution in [3.8, 4) is 0 Å². The van der Waals surface area contributed by atoms with Gasteiger partial charge in [0.05, 0.1) is 5.52 Å². The SMILES string of the molecule is CCC1CC1Nc1nc(NC)nc2ccccc12. The van der Waals surface area contributed by atoms with E-state index in [2.05, 4.69) is 33.6 Å². The third-order valence-corrected chi connectivity index (χ3v) is 3.60. The van der Waals surface area contributed by atoms with Gasteiger partial charge in [0.2, 0.25) is 5.95 Å². The van der Waals surface area contributed by atoms with Crippen LogP contribution in [0, 0.1) is 5.92 Å². The van der Waals surface area contributed by atoms with Crippen molar-refractivity contribution in [2.24, 2.45) is 5.92 Å². The summed E-state index contributed by atoms with van der Waals surface area (Å²) in [5.74, 6) is 2.42. The highest BCUT2D eigenvalue weighted by Gasteiger charge is 2.35. The van der Waals surface area contributed by atoms with Crippen molar-refractivity contribution in [2.45, 2.75) is 25.8 Å². The van der Waals surface area contributed by atoms with Gasteiger partial charge in [-0.05, 0) is 24.5 Å². The second kappa shape index (κ2) is 4.44. The van der Waals surface area contributed by atoms with Crippen molar-refractivity contribution in [3.05, 3.63) is 24.3 Å². The lowest BCUT2D eigenvalue weighted by Gasteiger charge is -2.10. The van der Waals surface area contributed by atoms with Gasteiger partial charge in [-0.25, -0.2) is 4.98 Å². The molecule has 1 fully saturated rings. The number of hydrogen-bond acceptors (Lipinski definition) is 4. The molecule has 0 spiro atoms. The van der Waals surface area contributed by atoms with Crippen LogP contribution in [0.15, 0.2) is 24.3 Å². The molecule has 1 aromatic carbocycles. The van der Waals surface area contributed by atoms with E-state index in [9.17, 15) is 0 Å². The van der Waals surface area contributed by atoms with Crippen LogP contribution in [0.3, 0.4) is 0 Å². The Bertz CT molecular complexity index is 567. The van der Waals surface area contributed by atoms with Crippen LogP contribution < -0.4 is 10.6 Å². The second-order valence-electron chi connectivity index (χ2n) is 4.82. The quantitative estimate of drug-likeness (QED) is 0.865. The Morgan fingerprint density at radius 1 is 1.28 bits per heavy atom. The summed E-state index contributed by atoms with van der Waals surface area (Å²) in [6, 6.07) is 8.70. The number of anilines is 2. The predicted molar refractivity (Wildman–Crippen MR) is 74.9 cm³/mol. The molecule has 0 radical (unpaired) electrons. The first-order valence-corrected chi connectivity index (χ1v) is 6.53. The van der Waals surface area contributed by atoms with E-state index in [0.717, 1.165) is 22.6 Å². The first-order chi connectivity index (χ1) is 8.81. The molecule has 1 aliphatic rings. The molecule has 1 aromatic heterocycles. The third-order valence-electron chi connectivity index (χ3n) is 3.60. The van der Waals surface area contributed by atoms with Crippen LogP contribution in [-0.2, 0) is 0 Å². The van der Waals surface area contributed by atoms with E-state index in [4.69, 9.17) is 0 Å². The van der Waals surface area contributed by atoms with Crippen LogP contribution in [0.4, 0.5) is 11.8 Å². The maximum atomic E-state index is 4.53. The van der Waals surface area contributed by atoms with E-state index in [-0.39, 0.29) is 0 Å². The molecule has 2 atom stereocenters. The Balaban J connectivity index is 1.98. The van der Waals surface area contributed by atoms with E-state index >= 15 is 0 Å². The van der Waals surface area contributed by atoms with Crippen LogP contribution >= 0.6 is 0 Å². The zero-order chi connectivity index (χ0) is 12.5. The van der Waals surface area contributed by atoms with Gasteiger partial charge in [-0.15, -0.1) is 0 Å². The normalized spacial score (nSPS) is 21.9. The van der Waals surface area contributed by atoms with E-state index in [1.165, 1.54) is 12.8 Å². The van der Waals surface area contributed by atoms with Crippen molar-refractivity contribution in [1.82, 2.24) is 9.97 Å². The van der Waals surface area contributed by atoms with Crippen LogP contribution in [0.2, 0.25) is 0 Å². The fourth-order valence-electron chi connectivity index (χ4n) is 2.35. The predicted octanol–water partition coefficient (Wildman–Crippen LogP) is 2.88. The number of benzene rings is 1. The van der Waals surface area contributed by atoms with Gasteiger partial charge < -0.3 is 10.6 Å². The van der Waals surface area contributed by atoms with Crippen LogP contribution in [-0.4, -0.2) is 23.1 Å². The number of aromatic nitrogens is 2. The lowest BCUT2D eigenvalue weighted by Crippen LogP contribution is -2.08. The van der Waals surface area contributed by atoms with E-state index in [1.54, 1.807) is 0 Å². The second-order valence-corrected chi connectivity index (χ2v) is 4.82. The largest absolute Gasteiger partial charge is 0.366 e. The Kier molecular flexibility index (Phi) is 2.78. The minimum absolute atomic E-state index is 0.581. The monoisotopic (exact) mass is 242 g/mol. The highest BCUT2D eigenvalue weighted by atomic mass is 15.1. The van der Waals surface area contributed by atoms with E-state index < -0.39 is 0 Å². The Labute approximate surface area is 107 Å². The number of para-hydroxylation sites is 1. The summed E-state index contributed by atoms with van der Waals surface area (Å²) < 4.78 is 0. The molecule has 0 aliphatic heterocycles. The maximum absolute atomic E-state index is 4.53. The molecule has 2 unspecified atom stereocenters. The average Bonchev–Trinajstić information content (AvgIpc) is 3.17. The highest BCUT2D eigenvalue weighted by Crippen LogP contribution is 2.37. The summed E-state index contributed by atoms with van der Waals surface area (Å²) in [6.45, 7) is 2.24. The molecule has 4 nitrogen and oxygen atoms in total. The van der Waals surface area contributed by atoms with Crippen molar-refractivity contribution in [3.63, 3.8) is 0 Å². The molecule has 2 aromatic rings. The molecule has 0 bridgehead atoms. The zero-order valence-corrected chi connectivity index (χ0v) is 10.8. The van der Waals surface area contributed by atoms with Gasteiger partial charge in [0, 0.05) is 18.5 Å². The molecule has 1 heterocycles. The summed E-state index contributed by atoms with van der Waals surface area (Å²) in [5, 5.41) is 7.66. The standard InChI is InChI=1S/C14H18N4/c1-3-9-8-12(9)16-13-10-6-4-5-7-11(10)17-14(15-2)18-13/h4-7,9,12H,3,8H2,1-2H3,(H2,15,16,17,18). The summed E-state index contributed by atoms with van der Waals surface area (Å²) in [7, 11) is 1.85. The van der Waals surface area contributed by atoms with Crippen LogP contribution in [0.1, 0.15) is 19.8 Å². The molecule has 0 saturated heterocycles. The number of rotatable bonds is 4. The van der Waals surface area contributed by atoms with Crippen molar-refractivity contribution in [1.29, 1.82) is 0 Å². The van der Waals surface area contributed by atoms with Crippen LogP contribution in [0.5, 0.6) is 0 Å². The van der Waals surface area contributed by atoms with E-state index in [1.807, 2.05) is 25.2 Å². The minimum atomic E-state index is 0.581. The summed E-state index contributed by atoms with van der Waals surface area (Å²) in [6.07, 6.45) is 2.49. The fraction of sp³-hybridized carbons (Fsp3) is 0.429. The first-order valence-electron chi connectivity index (χ1n) is 6.53. The van der Waals surface area contributed by atoms with Crippen molar-refractivity contribution >= 4 is 22.7 Å². The number of nitrogens with one attached hydrogen (secondary N) is 2. The minimum Gasteiger partial charge on any atom is -0.366 e. The van der Waals surface area contributed by atoms with Gasteiger partial charge in [-0.2, -0.15) is 4.98 Å².